The first-order valence-corrected chi connectivity index (χ1v) is 13.0. The van der Waals surface area contributed by atoms with Gasteiger partial charge in [0.25, 0.3) is 5.69 Å². The van der Waals surface area contributed by atoms with Crippen LogP contribution in [0.3, 0.4) is 0 Å². The number of nitrogens with two attached hydrogens (primary N) is 1. The molecule has 2 aromatic carbocycles. The van der Waals surface area contributed by atoms with Crippen LogP contribution in [-0.2, 0) is 22.4 Å². The Balaban J connectivity index is 0.000000786. The lowest BCUT2D eigenvalue weighted by molar-refractivity contribution is -0.386. The molecular weight excluding hydrogens is 484 g/mol. The molecular formula is C29H36N4O5. The maximum absolute atomic E-state index is 12.1. The highest BCUT2D eigenvalue weighted by Gasteiger charge is 2.38. The molecule has 9 nitrogen and oxygen atoms in total. The van der Waals surface area contributed by atoms with E-state index in [1.54, 1.807) is 0 Å². The lowest BCUT2D eigenvalue weighted by atomic mass is 9.88. The average Bonchev–Trinajstić information content (AvgIpc) is 3.47. The van der Waals surface area contributed by atoms with Crippen LogP contribution >= 0.6 is 0 Å². The van der Waals surface area contributed by atoms with Gasteiger partial charge in [-0.05, 0) is 64.2 Å². The fourth-order valence-corrected chi connectivity index (χ4v) is 5.27. The first-order valence-electron chi connectivity index (χ1n) is 13.0. The minimum atomic E-state index is -0.368. The van der Waals surface area contributed by atoms with Crippen molar-refractivity contribution in [3.63, 3.8) is 0 Å². The molecule has 2 N–H and O–H groups in total. The quantitative estimate of drug-likeness (QED) is 0.347. The van der Waals surface area contributed by atoms with Gasteiger partial charge >= 0.3 is 0 Å². The highest BCUT2D eigenvalue weighted by Crippen LogP contribution is 2.46. The Morgan fingerprint density at radius 2 is 1.87 bits per heavy atom. The normalized spacial score (nSPS) is 17.7. The number of nitrogens with zero attached hydrogens (tertiary/aromatic N) is 3. The summed E-state index contributed by atoms with van der Waals surface area (Å²) in [4.78, 5) is 21.1. The van der Waals surface area contributed by atoms with Crippen LogP contribution in [0, 0.1) is 24.0 Å². The number of aromatic nitrogens is 2. The van der Waals surface area contributed by atoms with E-state index in [2.05, 4.69) is 35.1 Å². The van der Waals surface area contributed by atoms with Gasteiger partial charge in [-0.2, -0.15) is 5.10 Å². The van der Waals surface area contributed by atoms with E-state index < -0.39 is 0 Å². The molecule has 2 aliphatic heterocycles. The summed E-state index contributed by atoms with van der Waals surface area (Å²) in [5, 5.41) is 16.6. The number of rotatable bonds is 5. The number of carbonyl (C=O) groups excluding carboxylic acids is 1. The zero-order valence-electron chi connectivity index (χ0n) is 22.7. The Hall–Kier alpha value is -3.72. The van der Waals surface area contributed by atoms with Gasteiger partial charge in [0.2, 0.25) is 5.91 Å². The van der Waals surface area contributed by atoms with Crippen molar-refractivity contribution in [1.29, 1.82) is 0 Å². The highest BCUT2D eigenvalue weighted by atomic mass is 16.6. The van der Waals surface area contributed by atoms with Gasteiger partial charge in [-0.15, -0.1) is 0 Å². The third-order valence-corrected chi connectivity index (χ3v) is 7.08. The van der Waals surface area contributed by atoms with Gasteiger partial charge in [0.1, 0.15) is 11.4 Å². The van der Waals surface area contributed by atoms with Gasteiger partial charge in [-0.3, -0.25) is 14.9 Å². The van der Waals surface area contributed by atoms with E-state index in [1.807, 2.05) is 44.6 Å². The van der Waals surface area contributed by atoms with E-state index in [-0.39, 0.29) is 28.3 Å². The summed E-state index contributed by atoms with van der Waals surface area (Å²) < 4.78 is 14.1. The molecule has 3 heterocycles. The molecule has 5 rings (SSSR count). The lowest BCUT2D eigenvalue weighted by Gasteiger charge is -2.24. The van der Waals surface area contributed by atoms with E-state index in [0.29, 0.717) is 18.4 Å². The fourth-order valence-electron chi connectivity index (χ4n) is 5.27. The highest BCUT2D eigenvalue weighted by molar-refractivity contribution is 5.70. The molecule has 0 bridgehead atoms. The van der Waals surface area contributed by atoms with Gasteiger partial charge in [0, 0.05) is 54.8 Å². The summed E-state index contributed by atoms with van der Waals surface area (Å²) in [5.74, 6) is 0.483. The van der Waals surface area contributed by atoms with Gasteiger partial charge < -0.3 is 15.2 Å². The Bertz CT molecular complexity index is 1330. The molecule has 3 aromatic rings. The second-order valence-corrected chi connectivity index (χ2v) is 10.6. The van der Waals surface area contributed by atoms with Crippen molar-refractivity contribution in [1.82, 2.24) is 9.78 Å². The van der Waals surface area contributed by atoms with Crippen molar-refractivity contribution in [2.45, 2.75) is 78.6 Å². The number of carbonyl (C=O) groups is 1. The molecule has 0 radical (unpaired) electrons. The molecule has 1 atom stereocenters. The topological polar surface area (TPSA) is 123 Å². The molecule has 38 heavy (non-hydrogen) atoms. The lowest BCUT2D eigenvalue weighted by Crippen LogP contribution is -2.25. The van der Waals surface area contributed by atoms with E-state index in [4.69, 9.17) is 9.47 Å². The van der Waals surface area contributed by atoms with Crippen molar-refractivity contribution in [2.75, 3.05) is 6.61 Å². The molecule has 1 saturated heterocycles. The van der Waals surface area contributed by atoms with Gasteiger partial charge in [-0.1, -0.05) is 24.3 Å². The molecule has 202 valence electrons. The second kappa shape index (κ2) is 10.9. The monoisotopic (exact) mass is 520 g/mol. The summed E-state index contributed by atoms with van der Waals surface area (Å²) in [7, 11) is 0. The predicted molar refractivity (Wildman–Crippen MR) is 145 cm³/mol. The number of ether oxygens (including phenoxy) is 2. The first kappa shape index (κ1) is 27.3. The number of primary amides is 1. The largest absolute Gasteiger partial charge is 0.487 e. The predicted octanol–water partition coefficient (Wildman–Crippen LogP) is 5.57. The molecule has 9 heteroatoms. The second-order valence-electron chi connectivity index (χ2n) is 10.6. The Morgan fingerprint density at radius 3 is 2.47 bits per heavy atom. The maximum atomic E-state index is 12.1. The van der Waals surface area contributed by atoms with Crippen LogP contribution in [0.25, 0.3) is 11.3 Å². The van der Waals surface area contributed by atoms with Gasteiger partial charge in [-0.25, -0.2) is 4.68 Å². The van der Waals surface area contributed by atoms with Crippen LogP contribution in [0.4, 0.5) is 5.69 Å². The average molecular weight is 521 g/mol. The molecule has 1 unspecified atom stereocenters. The van der Waals surface area contributed by atoms with Crippen LogP contribution in [0.1, 0.15) is 74.1 Å². The fraction of sp³-hybridized carbons (Fsp3) is 0.448. The van der Waals surface area contributed by atoms with E-state index in [1.165, 1.54) is 6.92 Å². The van der Waals surface area contributed by atoms with Crippen LogP contribution in [-0.4, -0.2) is 32.8 Å². The van der Waals surface area contributed by atoms with E-state index in [0.717, 1.165) is 65.1 Å². The molecule has 0 aliphatic carbocycles. The van der Waals surface area contributed by atoms with Crippen LogP contribution < -0.4 is 10.5 Å². The minimum absolute atomic E-state index is 0.0254. The number of nitro benzene ring substituents is 1. The molecule has 1 fully saturated rings. The van der Waals surface area contributed by atoms with Crippen molar-refractivity contribution in [2.24, 2.45) is 5.73 Å². The molecule has 0 spiro atoms. The van der Waals surface area contributed by atoms with Crippen LogP contribution in [0.5, 0.6) is 5.75 Å². The molecule has 0 saturated carbocycles. The maximum Gasteiger partial charge on any atom is 0.276 e. The van der Waals surface area contributed by atoms with Gasteiger partial charge in [0.05, 0.1) is 10.6 Å². The van der Waals surface area contributed by atoms with Crippen molar-refractivity contribution in [3.8, 4) is 17.0 Å². The summed E-state index contributed by atoms with van der Waals surface area (Å²) in [6.45, 7) is 9.88. The molecule has 2 aliphatic rings. The third kappa shape index (κ3) is 5.72. The van der Waals surface area contributed by atoms with Crippen molar-refractivity contribution in [3.05, 3.63) is 74.5 Å². The van der Waals surface area contributed by atoms with E-state index in [9.17, 15) is 14.9 Å². The molecule has 1 amide bonds. The number of amides is 1. The minimum Gasteiger partial charge on any atom is -0.487 e. The van der Waals surface area contributed by atoms with E-state index >= 15 is 0 Å². The third-order valence-electron chi connectivity index (χ3n) is 7.08. The van der Waals surface area contributed by atoms with Crippen LogP contribution in [0.2, 0.25) is 0 Å². The van der Waals surface area contributed by atoms with Crippen molar-refractivity contribution >= 4 is 11.6 Å². The van der Waals surface area contributed by atoms with Gasteiger partial charge in [0.15, 0.2) is 6.23 Å². The summed E-state index contributed by atoms with van der Waals surface area (Å²) in [6, 6.07) is 10.3. The number of benzene rings is 2. The summed E-state index contributed by atoms with van der Waals surface area (Å²) in [5.41, 5.74) is 10.7. The Morgan fingerprint density at radius 1 is 1.18 bits per heavy atom. The zero-order valence-corrected chi connectivity index (χ0v) is 22.7. The number of fused-ring (bicyclic) bond motifs is 1. The Kier molecular flexibility index (Phi) is 7.87. The SMILES string of the molecule is CC(N)=O.Cc1c(C)c([N+](=O)[O-])c(Cc2ccc(-c3ccnn3C3CCCCO3)cc2)c2c1OC(C)(C)C2. The number of nitro groups is 1. The molecule has 1 aromatic heterocycles. The smallest absolute Gasteiger partial charge is 0.276 e. The van der Waals surface area contributed by atoms with Crippen LogP contribution in [0.15, 0.2) is 36.5 Å². The Labute approximate surface area is 223 Å². The number of hydrogen-bond donors (Lipinski definition) is 1. The standard InChI is InChI=1S/C27H31N3O4.C2H5NO/c1-17-18(2)26-22(16-27(3,4)34-26)21(25(17)30(31)32)15-19-8-10-20(11-9-19)23-12-13-28-29(23)24-7-5-6-14-33-24;1-2(3)4/h8-13,24H,5-7,14-16H2,1-4H3;1H3,(H2,3,4). The number of hydrogen-bond acceptors (Lipinski definition) is 6. The summed E-state index contributed by atoms with van der Waals surface area (Å²) >= 11 is 0. The first-order chi connectivity index (χ1) is 18.0. The zero-order chi connectivity index (χ0) is 27.6. The summed E-state index contributed by atoms with van der Waals surface area (Å²) in [6.07, 6.45) is 6.14. The van der Waals surface area contributed by atoms with Crippen molar-refractivity contribution < 1.29 is 19.2 Å².